The lowest BCUT2D eigenvalue weighted by Crippen LogP contribution is -2.43. The molecule has 3 unspecified atom stereocenters. The number of amides is 1. The van der Waals surface area contributed by atoms with E-state index < -0.39 is 0 Å². The van der Waals surface area contributed by atoms with Crippen LogP contribution in [0.15, 0.2) is 91.1 Å². The monoisotopic (exact) mass is 615 g/mol. The molecule has 0 aromatic heterocycles. The van der Waals surface area contributed by atoms with Crippen molar-refractivity contribution in [1.29, 1.82) is 0 Å². The van der Waals surface area contributed by atoms with Gasteiger partial charge in [-0.25, -0.2) is 0 Å². The van der Waals surface area contributed by atoms with Gasteiger partial charge in [0.15, 0.2) is 0 Å². The fraction of sp³-hybridized carbons (Fsp3) is 0.432. The van der Waals surface area contributed by atoms with Crippen molar-refractivity contribution in [2.45, 2.75) is 57.7 Å². The molecule has 44 heavy (non-hydrogen) atoms. The van der Waals surface area contributed by atoms with E-state index >= 15 is 0 Å². The van der Waals surface area contributed by atoms with Crippen LogP contribution in [0, 0.1) is 0 Å². The number of halogens is 1. The zero-order chi connectivity index (χ0) is 31.1. The molecule has 0 bridgehead atoms. The Hall–Kier alpha value is -3.16. The Labute approximate surface area is 269 Å². The number of benzene rings is 3. The Morgan fingerprint density at radius 1 is 1.02 bits per heavy atom. The van der Waals surface area contributed by atoms with Gasteiger partial charge in [0.25, 0.3) is 0 Å². The molecular formula is C37H50ClN5O. The van der Waals surface area contributed by atoms with Crippen molar-refractivity contribution in [1.82, 2.24) is 25.8 Å². The van der Waals surface area contributed by atoms with E-state index in [-0.39, 0.29) is 18.1 Å². The average Bonchev–Trinajstić information content (AvgIpc) is 3.05. The third-order valence-corrected chi connectivity index (χ3v) is 9.06. The van der Waals surface area contributed by atoms with Gasteiger partial charge in [-0.05, 0) is 73.3 Å². The normalized spacial score (nSPS) is 15.9. The number of rotatable bonds is 19. The van der Waals surface area contributed by atoms with E-state index in [1.165, 1.54) is 22.3 Å². The molecule has 0 radical (unpaired) electrons. The molecule has 0 aliphatic carbocycles. The highest BCUT2D eigenvalue weighted by atomic mass is 35.5. The highest BCUT2D eigenvalue weighted by Crippen LogP contribution is 2.28. The Balaban J connectivity index is 1.53. The van der Waals surface area contributed by atoms with Crippen molar-refractivity contribution < 1.29 is 4.79 Å². The van der Waals surface area contributed by atoms with Gasteiger partial charge in [-0.2, -0.15) is 0 Å². The largest absolute Gasteiger partial charge is 0.386 e. The first-order chi connectivity index (χ1) is 21.5. The summed E-state index contributed by atoms with van der Waals surface area (Å²) in [6, 6.07) is 28.4. The molecule has 236 valence electrons. The number of carbonyl (C=O) groups is 1. The molecule has 3 aromatic rings. The van der Waals surface area contributed by atoms with Crippen LogP contribution in [0.4, 0.5) is 0 Å². The van der Waals surface area contributed by atoms with Gasteiger partial charge in [0, 0.05) is 61.4 Å². The standard InChI is InChI=1S/C37H50ClN5O/c1-4-42(5-2)27-37(32-12-7-6-8-13-32)43(24-22-39-28-44)23-20-34(26-30-15-17-33(38)18-16-30)41-29(3)25-36-35-14-10-9-11-31(35)19-21-40-36/h6-18,28,34,36-37,40-41H,3-5,19-27H2,1-2H3,(H,39,44). The third kappa shape index (κ3) is 10.2. The summed E-state index contributed by atoms with van der Waals surface area (Å²) in [6.45, 7) is 15.1. The van der Waals surface area contributed by atoms with E-state index in [2.05, 4.69) is 113 Å². The van der Waals surface area contributed by atoms with E-state index in [4.69, 9.17) is 11.6 Å². The maximum Gasteiger partial charge on any atom is 0.207 e. The molecule has 0 saturated carbocycles. The number of fused-ring (bicyclic) bond motifs is 1. The highest BCUT2D eigenvalue weighted by Gasteiger charge is 2.25. The molecule has 0 spiro atoms. The molecule has 0 fully saturated rings. The molecule has 0 saturated heterocycles. The molecule has 3 N–H and O–H groups in total. The molecule has 1 aliphatic rings. The van der Waals surface area contributed by atoms with Gasteiger partial charge in [-0.15, -0.1) is 0 Å². The minimum Gasteiger partial charge on any atom is -0.386 e. The van der Waals surface area contributed by atoms with Crippen LogP contribution >= 0.6 is 11.6 Å². The lowest BCUT2D eigenvalue weighted by Gasteiger charge is -2.36. The molecule has 7 heteroatoms. The minimum atomic E-state index is 0.189. The van der Waals surface area contributed by atoms with Crippen molar-refractivity contribution >= 4 is 18.0 Å². The van der Waals surface area contributed by atoms with E-state index in [1.54, 1.807) is 0 Å². The van der Waals surface area contributed by atoms with Gasteiger partial charge in [0.2, 0.25) is 6.41 Å². The predicted octanol–water partition coefficient (Wildman–Crippen LogP) is 6.15. The van der Waals surface area contributed by atoms with Crippen molar-refractivity contribution in [3.05, 3.63) is 118 Å². The van der Waals surface area contributed by atoms with Gasteiger partial charge in [0.05, 0.1) is 0 Å². The Kier molecular flexibility index (Phi) is 13.8. The minimum absolute atomic E-state index is 0.189. The fourth-order valence-electron chi connectivity index (χ4n) is 6.34. The van der Waals surface area contributed by atoms with Gasteiger partial charge in [-0.3, -0.25) is 9.69 Å². The average molecular weight is 616 g/mol. The molecule has 3 atom stereocenters. The summed E-state index contributed by atoms with van der Waals surface area (Å²) in [5.74, 6) is 0. The molecule has 6 nitrogen and oxygen atoms in total. The molecule has 3 aromatic carbocycles. The lowest BCUT2D eigenvalue weighted by molar-refractivity contribution is -0.109. The highest BCUT2D eigenvalue weighted by molar-refractivity contribution is 6.30. The Bertz CT molecular complexity index is 1280. The second-order valence-electron chi connectivity index (χ2n) is 11.7. The zero-order valence-corrected chi connectivity index (χ0v) is 27.2. The number of likely N-dealkylation sites (N-methyl/N-ethyl adjacent to an activating group) is 1. The maximum atomic E-state index is 11.2. The van der Waals surface area contributed by atoms with E-state index in [9.17, 15) is 4.79 Å². The van der Waals surface area contributed by atoms with Crippen molar-refractivity contribution in [2.24, 2.45) is 0 Å². The number of nitrogens with zero attached hydrogens (tertiary/aromatic N) is 2. The number of hydrogen-bond acceptors (Lipinski definition) is 5. The SMILES string of the molecule is C=C(CC1NCCc2ccccc21)NC(CCN(CCNC=O)C(CN(CC)CC)c1ccccc1)Cc1ccc(Cl)cc1. The van der Waals surface area contributed by atoms with E-state index in [1.807, 2.05) is 12.1 Å². The summed E-state index contributed by atoms with van der Waals surface area (Å²) in [5.41, 5.74) is 6.42. The Morgan fingerprint density at radius 2 is 1.75 bits per heavy atom. The molecule has 4 rings (SSSR count). The smallest absolute Gasteiger partial charge is 0.207 e. The molecular weight excluding hydrogens is 566 g/mol. The first-order valence-corrected chi connectivity index (χ1v) is 16.6. The first-order valence-electron chi connectivity index (χ1n) is 16.2. The summed E-state index contributed by atoms with van der Waals surface area (Å²) >= 11 is 6.23. The summed E-state index contributed by atoms with van der Waals surface area (Å²) in [7, 11) is 0. The first kappa shape index (κ1) is 33.7. The zero-order valence-electron chi connectivity index (χ0n) is 26.5. The van der Waals surface area contributed by atoms with Crippen LogP contribution in [-0.4, -0.2) is 68.1 Å². The predicted molar refractivity (Wildman–Crippen MR) is 184 cm³/mol. The topological polar surface area (TPSA) is 59.6 Å². The van der Waals surface area contributed by atoms with Crippen LogP contribution in [0.1, 0.15) is 61.0 Å². The number of hydrogen-bond donors (Lipinski definition) is 3. The van der Waals surface area contributed by atoms with Gasteiger partial charge < -0.3 is 20.9 Å². The molecule has 1 amide bonds. The summed E-state index contributed by atoms with van der Waals surface area (Å²) in [5, 5.41) is 11.2. The van der Waals surface area contributed by atoms with Gasteiger partial charge >= 0.3 is 0 Å². The fourth-order valence-corrected chi connectivity index (χ4v) is 6.47. The molecule has 1 aliphatic heterocycles. The van der Waals surface area contributed by atoms with Crippen LogP contribution in [0.3, 0.4) is 0 Å². The lowest BCUT2D eigenvalue weighted by atomic mass is 9.91. The van der Waals surface area contributed by atoms with Crippen LogP contribution in [0.25, 0.3) is 0 Å². The third-order valence-electron chi connectivity index (χ3n) is 8.81. The van der Waals surface area contributed by atoms with E-state index in [0.29, 0.717) is 6.54 Å². The molecule has 1 heterocycles. The van der Waals surface area contributed by atoms with Crippen molar-refractivity contribution in [3.63, 3.8) is 0 Å². The second kappa shape index (κ2) is 18.0. The van der Waals surface area contributed by atoms with Crippen molar-refractivity contribution in [3.8, 4) is 0 Å². The maximum absolute atomic E-state index is 11.2. The van der Waals surface area contributed by atoms with Gasteiger partial charge in [0.1, 0.15) is 0 Å². The number of nitrogens with one attached hydrogen (secondary N) is 3. The van der Waals surface area contributed by atoms with Crippen LogP contribution in [0.5, 0.6) is 0 Å². The quantitative estimate of drug-likeness (QED) is 0.112. The van der Waals surface area contributed by atoms with E-state index in [0.717, 1.165) is 82.1 Å². The Morgan fingerprint density at radius 3 is 2.48 bits per heavy atom. The van der Waals surface area contributed by atoms with Crippen molar-refractivity contribution in [2.75, 3.05) is 45.8 Å². The number of carbonyl (C=O) groups excluding carboxylic acids is 1. The van der Waals surface area contributed by atoms with Gasteiger partial charge in [-0.1, -0.05) is 98.8 Å². The second-order valence-corrected chi connectivity index (χ2v) is 12.2. The van der Waals surface area contributed by atoms with Crippen LogP contribution in [0.2, 0.25) is 5.02 Å². The summed E-state index contributed by atoms with van der Waals surface area (Å²) in [6.07, 6.45) is 4.51. The van der Waals surface area contributed by atoms with Crippen LogP contribution in [-0.2, 0) is 17.6 Å². The van der Waals surface area contributed by atoms with Crippen LogP contribution < -0.4 is 16.0 Å². The summed E-state index contributed by atoms with van der Waals surface area (Å²) < 4.78 is 0. The summed E-state index contributed by atoms with van der Waals surface area (Å²) in [4.78, 5) is 16.2.